The number of nitrogens with zero attached hydrogens (tertiary/aromatic N) is 1. The Morgan fingerprint density at radius 1 is 1.19 bits per heavy atom. The number of benzene rings is 1. The van der Waals surface area contributed by atoms with Gasteiger partial charge >= 0.3 is 0 Å². The topological polar surface area (TPSA) is 66.5 Å². The minimum absolute atomic E-state index is 0.0932. The van der Waals surface area contributed by atoms with Crippen LogP contribution in [-0.2, 0) is 21.4 Å². The Morgan fingerprint density at radius 2 is 1.76 bits per heavy atom. The molecule has 0 radical (unpaired) electrons. The zero-order valence-corrected chi connectivity index (χ0v) is 13.7. The molecule has 1 aromatic carbocycles. The molecule has 0 saturated carbocycles. The highest BCUT2D eigenvalue weighted by Gasteiger charge is 2.21. The lowest BCUT2D eigenvalue weighted by atomic mass is 10.2. The van der Waals surface area contributed by atoms with E-state index >= 15 is 0 Å². The van der Waals surface area contributed by atoms with Crippen molar-refractivity contribution in [2.24, 2.45) is 0 Å². The molecule has 5 nitrogen and oxygen atoms in total. The van der Waals surface area contributed by atoms with Crippen molar-refractivity contribution < 1.29 is 13.2 Å². The van der Waals surface area contributed by atoms with Gasteiger partial charge in [0.05, 0.1) is 12.8 Å². The number of sulfonamides is 1. The van der Waals surface area contributed by atoms with E-state index in [4.69, 9.17) is 0 Å². The average Bonchev–Trinajstić information content (AvgIpc) is 2.44. The standard InChI is InChI=1S/C15H24N2O3S/c1-4-14(5-2)16-15(18)12-17(21(3,19)20)11-13-9-7-6-8-10-13/h6-10,14H,4-5,11-12H2,1-3H3,(H,16,18). The Balaban J connectivity index is 2.74. The number of amides is 1. The van der Waals surface area contributed by atoms with Gasteiger partial charge in [0.15, 0.2) is 0 Å². The molecule has 6 heteroatoms. The van der Waals surface area contributed by atoms with E-state index in [-0.39, 0.29) is 25.0 Å². The molecule has 0 atom stereocenters. The van der Waals surface area contributed by atoms with Crippen molar-refractivity contribution >= 4 is 15.9 Å². The summed E-state index contributed by atoms with van der Waals surface area (Å²) in [6.07, 6.45) is 2.79. The Labute approximate surface area is 127 Å². The highest BCUT2D eigenvalue weighted by molar-refractivity contribution is 7.88. The summed E-state index contributed by atoms with van der Waals surface area (Å²) in [5.74, 6) is -0.259. The maximum Gasteiger partial charge on any atom is 0.235 e. The predicted molar refractivity (Wildman–Crippen MR) is 84.2 cm³/mol. The minimum atomic E-state index is -3.43. The molecule has 0 aliphatic carbocycles. The van der Waals surface area contributed by atoms with Crippen molar-refractivity contribution in [1.29, 1.82) is 0 Å². The fourth-order valence-electron chi connectivity index (χ4n) is 2.00. The molecule has 1 amide bonds. The van der Waals surface area contributed by atoms with Gasteiger partial charge in [-0.2, -0.15) is 4.31 Å². The number of carbonyl (C=O) groups excluding carboxylic acids is 1. The first-order chi connectivity index (χ1) is 9.86. The summed E-state index contributed by atoms with van der Waals surface area (Å²) in [6, 6.07) is 9.35. The molecule has 1 rings (SSSR count). The van der Waals surface area contributed by atoms with Crippen LogP contribution in [0.4, 0.5) is 0 Å². The van der Waals surface area contributed by atoms with E-state index in [1.165, 1.54) is 4.31 Å². The summed E-state index contributed by atoms with van der Waals surface area (Å²) in [6.45, 7) is 4.04. The van der Waals surface area contributed by atoms with E-state index in [0.717, 1.165) is 24.7 Å². The van der Waals surface area contributed by atoms with E-state index in [0.29, 0.717) is 0 Å². The fraction of sp³-hybridized carbons (Fsp3) is 0.533. The summed E-state index contributed by atoms with van der Waals surface area (Å²) in [5, 5.41) is 2.86. The zero-order valence-electron chi connectivity index (χ0n) is 12.9. The third kappa shape index (κ3) is 6.27. The van der Waals surface area contributed by atoms with Crippen LogP contribution in [0.2, 0.25) is 0 Å². The molecular weight excluding hydrogens is 288 g/mol. The van der Waals surface area contributed by atoms with E-state index in [1.807, 2.05) is 44.2 Å². The van der Waals surface area contributed by atoms with Crippen LogP contribution in [0.3, 0.4) is 0 Å². The number of hydrogen-bond acceptors (Lipinski definition) is 3. The maximum absolute atomic E-state index is 12.0. The highest BCUT2D eigenvalue weighted by atomic mass is 32.2. The van der Waals surface area contributed by atoms with Gasteiger partial charge in [0.25, 0.3) is 0 Å². The lowest BCUT2D eigenvalue weighted by Gasteiger charge is -2.21. The average molecular weight is 312 g/mol. The quantitative estimate of drug-likeness (QED) is 0.795. The van der Waals surface area contributed by atoms with Gasteiger partial charge in [-0.25, -0.2) is 8.42 Å². The van der Waals surface area contributed by atoms with Crippen LogP contribution in [0, 0.1) is 0 Å². The van der Waals surface area contributed by atoms with Crippen molar-refractivity contribution in [3.05, 3.63) is 35.9 Å². The molecule has 1 N–H and O–H groups in total. The van der Waals surface area contributed by atoms with Crippen LogP contribution < -0.4 is 5.32 Å². The normalized spacial score (nSPS) is 11.9. The van der Waals surface area contributed by atoms with Gasteiger partial charge in [0.1, 0.15) is 0 Å². The molecule has 0 aromatic heterocycles. The van der Waals surface area contributed by atoms with Gasteiger partial charge in [-0.05, 0) is 18.4 Å². The molecule has 0 unspecified atom stereocenters. The van der Waals surface area contributed by atoms with Gasteiger partial charge in [-0.1, -0.05) is 44.2 Å². The lowest BCUT2D eigenvalue weighted by Crippen LogP contribution is -2.43. The largest absolute Gasteiger partial charge is 0.352 e. The molecule has 21 heavy (non-hydrogen) atoms. The second kappa shape index (κ2) is 8.14. The fourth-order valence-corrected chi connectivity index (χ4v) is 2.74. The van der Waals surface area contributed by atoms with E-state index in [2.05, 4.69) is 5.32 Å². The van der Waals surface area contributed by atoms with Crippen molar-refractivity contribution in [2.75, 3.05) is 12.8 Å². The number of hydrogen-bond donors (Lipinski definition) is 1. The number of nitrogens with one attached hydrogen (secondary N) is 1. The zero-order chi connectivity index (χ0) is 15.9. The van der Waals surface area contributed by atoms with Crippen molar-refractivity contribution in [1.82, 2.24) is 9.62 Å². The third-order valence-electron chi connectivity index (χ3n) is 3.34. The Kier molecular flexibility index (Phi) is 6.84. The molecule has 0 aliphatic heterocycles. The molecule has 0 aliphatic rings. The van der Waals surface area contributed by atoms with Gasteiger partial charge in [-0.3, -0.25) is 4.79 Å². The molecule has 118 valence electrons. The molecule has 0 bridgehead atoms. The first-order valence-corrected chi connectivity index (χ1v) is 9.00. The third-order valence-corrected chi connectivity index (χ3v) is 4.54. The first-order valence-electron chi connectivity index (χ1n) is 7.15. The second-order valence-electron chi connectivity index (χ2n) is 5.10. The molecule has 0 heterocycles. The van der Waals surface area contributed by atoms with Crippen molar-refractivity contribution in [3.63, 3.8) is 0 Å². The van der Waals surface area contributed by atoms with E-state index < -0.39 is 10.0 Å². The van der Waals surface area contributed by atoms with Crippen LogP contribution >= 0.6 is 0 Å². The van der Waals surface area contributed by atoms with Crippen LogP contribution in [0.25, 0.3) is 0 Å². The summed E-state index contributed by atoms with van der Waals surface area (Å²) in [7, 11) is -3.43. The summed E-state index contributed by atoms with van der Waals surface area (Å²) in [5.41, 5.74) is 0.859. The Hall–Kier alpha value is -1.40. The maximum atomic E-state index is 12.0. The molecule has 0 spiro atoms. The predicted octanol–water partition coefficient (Wildman–Crippen LogP) is 1.75. The SMILES string of the molecule is CCC(CC)NC(=O)CN(Cc1ccccc1)S(C)(=O)=O. The lowest BCUT2D eigenvalue weighted by molar-refractivity contribution is -0.122. The summed E-state index contributed by atoms with van der Waals surface area (Å²) in [4.78, 5) is 12.0. The van der Waals surface area contributed by atoms with Crippen LogP contribution in [0.1, 0.15) is 32.3 Å². The van der Waals surface area contributed by atoms with Gasteiger partial charge in [0.2, 0.25) is 15.9 Å². The van der Waals surface area contributed by atoms with Gasteiger partial charge < -0.3 is 5.32 Å². The van der Waals surface area contributed by atoms with Gasteiger partial charge in [-0.15, -0.1) is 0 Å². The minimum Gasteiger partial charge on any atom is -0.352 e. The van der Waals surface area contributed by atoms with Crippen LogP contribution in [0.5, 0.6) is 0 Å². The molecular formula is C15H24N2O3S. The molecule has 0 saturated heterocycles. The highest BCUT2D eigenvalue weighted by Crippen LogP contribution is 2.08. The van der Waals surface area contributed by atoms with E-state index in [9.17, 15) is 13.2 Å². The van der Waals surface area contributed by atoms with Crippen LogP contribution in [-0.4, -0.2) is 37.5 Å². The van der Waals surface area contributed by atoms with Crippen molar-refractivity contribution in [2.45, 2.75) is 39.3 Å². The van der Waals surface area contributed by atoms with Gasteiger partial charge in [0, 0.05) is 12.6 Å². The van der Waals surface area contributed by atoms with Crippen molar-refractivity contribution in [3.8, 4) is 0 Å². The van der Waals surface area contributed by atoms with E-state index in [1.54, 1.807) is 0 Å². The second-order valence-corrected chi connectivity index (χ2v) is 7.08. The Morgan fingerprint density at radius 3 is 2.24 bits per heavy atom. The molecule has 1 aromatic rings. The number of rotatable bonds is 8. The monoisotopic (exact) mass is 312 g/mol. The number of carbonyl (C=O) groups is 1. The Bertz CT molecular complexity index is 539. The summed E-state index contributed by atoms with van der Waals surface area (Å²) >= 11 is 0. The first kappa shape index (κ1) is 17.7. The molecule has 0 fully saturated rings. The van der Waals surface area contributed by atoms with Crippen LogP contribution in [0.15, 0.2) is 30.3 Å². The summed E-state index contributed by atoms with van der Waals surface area (Å²) < 4.78 is 24.9. The smallest absolute Gasteiger partial charge is 0.235 e.